The van der Waals surface area contributed by atoms with E-state index in [0.29, 0.717) is 0 Å². The van der Waals surface area contributed by atoms with Gasteiger partial charge < -0.3 is 0 Å². The van der Waals surface area contributed by atoms with Crippen molar-refractivity contribution in [3.05, 3.63) is 70.3 Å². The van der Waals surface area contributed by atoms with Crippen LogP contribution >= 0.6 is 0 Å². The first-order chi connectivity index (χ1) is 10.3. The molecule has 0 aliphatic carbocycles. The minimum atomic E-state index is 0.225. The molecule has 118 valence electrons. The summed E-state index contributed by atoms with van der Waals surface area (Å²) in [5, 5.41) is 0. The number of rotatable bonds is 4. The fraction of sp³-hybridized carbons (Fsp3) is 0.429. The number of hydrogen-bond acceptors (Lipinski definition) is 1. The second-order valence-electron chi connectivity index (χ2n) is 7.49. The van der Waals surface area contributed by atoms with Crippen LogP contribution in [0.15, 0.2) is 42.5 Å². The topological polar surface area (TPSA) is 3.24 Å². The lowest BCUT2D eigenvalue weighted by Gasteiger charge is -2.22. The summed E-state index contributed by atoms with van der Waals surface area (Å²) < 4.78 is 0. The summed E-state index contributed by atoms with van der Waals surface area (Å²) in [6, 6.07) is 15.6. The van der Waals surface area contributed by atoms with Gasteiger partial charge in [-0.1, -0.05) is 63.2 Å². The van der Waals surface area contributed by atoms with Crippen molar-refractivity contribution in [3.8, 4) is 0 Å². The number of hydrogen-bond donors (Lipinski definition) is 0. The lowest BCUT2D eigenvalue weighted by Crippen LogP contribution is -2.19. The standard InChI is InChI=1S/C21H29N/c1-16-8-7-9-17(2)20(16)15-22(6)14-18-10-12-19(13-11-18)21(3,4)5/h7-13H,14-15H2,1-6H3. The van der Waals surface area contributed by atoms with E-state index in [2.05, 4.69) is 89.0 Å². The van der Waals surface area contributed by atoms with Gasteiger partial charge in [-0.25, -0.2) is 0 Å². The van der Waals surface area contributed by atoms with Gasteiger partial charge in [-0.3, -0.25) is 4.90 Å². The molecule has 0 aromatic heterocycles. The highest BCUT2D eigenvalue weighted by atomic mass is 15.1. The monoisotopic (exact) mass is 295 g/mol. The number of aryl methyl sites for hydroxylation is 2. The van der Waals surface area contributed by atoms with E-state index in [-0.39, 0.29) is 5.41 Å². The van der Waals surface area contributed by atoms with Crippen molar-refractivity contribution in [2.24, 2.45) is 0 Å². The van der Waals surface area contributed by atoms with Crippen molar-refractivity contribution in [2.45, 2.75) is 53.1 Å². The Kier molecular flexibility index (Phi) is 5.08. The average molecular weight is 295 g/mol. The molecular weight excluding hydrogens is 266 g/mol. The molecule has 0 aliphatic heterocycles. The summed E-state index contributed by atoms with van der Waals surface area (Å²) in [5.41, 5.74) is 7.22. The zero-order valence-corrected chi connectivity index (χ0v) is 14.9. The minimum absolute atomic E-state index is 0.225. The van der Waals surface area contributed by atoms with E-state index in [0.717, 1.165) is 13.1 Å². The van der Waals surface area contributed by atoms with Gasteiger partial charge in [0, 0.05) is 13.1 Å². The molecule has 0 N–H and O–H groups in total. The summed E-state index contributed by atoms with van der Waals surface area (Å²) in [6.07, 6.45) is 0. The Labute approximate surface area is 136 Å². The van der Waals surface area contributed by atoms with Crippen LogP contribution in [0.5, 0.6) is 0 Å². The molecular formula is C21H29N. The highest BCUT2D eigenvalue weighted by Gasteiger charge is 2.13. The van der Waals surface area contributed by atoms with Crippen molar-refractivity contribution in [1.82, 2.24) is 4.90 Å². The van der Waals surface area contributed by atoms with E-state index in [1.54, 1.807) is 0 Å². The lowest BCUT2D eigenvalue weighted by atomic mass is 9.87. The van der Waals surface area contributed by atoms with Gasteiger partial charge in [0.05, 0.1) is 0 Å². The molecule has 0 saturated heterocycles. The smallest absolute Gasteiger partial charge is 0.0239 e. The van der Waals surface area contributed by atoms with Crippen LogP contribution in [-0.4, -0.2) is 11.9 Å². The Morgan fingerprint density at radius 3 is 1.86 bits per heavy atom. The van der Waals surface area contributed by atoms with E-state index in [1.807, 2.05) is 0 Å². The molecule has 0 bridgehead atoms. The first-order valence-corrected chi connectivity index (χ1v) is 8.10. The quantitative estimate of drug-likeness (QED) is 0.746. The maximum Gasteiger partial charge on any atom is 0.0239 e. The normalized spacial score (nSPS) is 12.0. The molecule has 2 aromatic carbocycles. The van der Waals surface area contributed by atoms with E-state index >= 15 is 0 Å². The first-order valence-electron chi connectivity index (χ1n) is 8.10. The van der Waals surface area contributed by atoms with E-state index in [1.165, 1.54) is 27.8 Å². The van der Waals surface area contributed by atoms with Crippen molar-refractivity contribution in [2.75, 3.05) is 7.05 Å². The summed E-state index contributed by atoms with van der Waals surface area (Å²) >= 11 is 0. The Morgan fingerprint density at radius 1 is 0.818 bits per heavy atom. The van der Waals surface area contributed by atoms with Crippen molar-refractivity contribution >= 4 is 0 Å². The van der Waals surface area contributed by atoms with E-state index in [9.17, 15) is 0 Å². The van der Waals surface area contributed by atoms with Crippen LogP contribution < -0.4 is 0 Å². The fourth-order valence-corrected chi connectivity index (χ4v) is 2.85. The molecule has 0 fully saturated rings. The fourth-order valence-electron chi connectivity index (χ4n) is 2.85. The van der Waals surface area contributed by atoms with Crippen molar-refractivity contribution in [3.63, 3.8) is 0 Å². The second-order valence-corrected chi connectivity index (χ2v) is 7.49. The molecule has 0 amide bonds. The van der Waals surface area contributed by atoms with Crippen LogP contribution in [0.3, 0.4) is 0 Å². The van der Waals surface area contributed by atoms with Crippen LogP contribution in [0.25, 0.3) is 0 Å². The van der Waals surface area contributed by atoms with Gasteiger partial charge in [-0.05, 0) is 54.1 Å². The maximum absolute atomic E-state index is 2.39. The summed E-state index contributed by atoms with van der Waals surface area (Å²) in [5.74, 6) is 0. The van der Waals surface area contributed by atoms with Crippen LogP contribution in [-0.2, 0) is 18.5 Å². The Hall–Kier alpha value is -1.60. The van der Waals surface area contributed by atoms with Gasteiger partial charge in [0.25, 0.3) is 0 Å². The van der Waals surface area contributed by atoms with Gasteiger partial charge in [0.1, 0.15) is 0 Å². The third kappa shape index (κ3) is 4.20. The Balaban J connectivity index is 2.05. The van der Waals surface area contributed by atoms with Crippen LogP contribution in [0.2, 0.25) is 0 Å². The Morgan fingerprint density at radius 2 is 1.36 bits per heavy atom. The molecule has 1 heteroatoms. The van der Waals surface area contributed by atoms with Crippen LogP contribution in [0, 0.1) is 13.8 Å². The molecule has 0 saturated carbocycles. The third-order valence-corrected chi connectivity index (χ3v) is 4.34. The molecule has 0 aliphatic rings. The minimum Gasteiger partial charge on any atom is -0.298 e. The molecule has 0 atom stereocenters. The Bertz CT molecular complexity index is 597. The zero-order chi connectivity index (χ0) is 16.3. The highest BCUT2D eigenvalue weighted by molar-refractivity contribution is 5.33. The predicted octanol–water partition coefficient (Wildman–Crippen LogP) is 5.23. The number of benzene rings is 2. The second kappa shape index (κ2) is 6.66. The molecule has 0 spiro atoms. The van der Waals surface area contributed by atoms with Gasteiger partial charge in [0.15, 0.2) is 0 Å². The van der Waals surface area contributed by atoms with Crippen LogP contribution in [0.1, 0.15) is 48.6 Å². The average Bonchev–Trinajstić information content (AvgIpc) is 2.43. The summed E-state index contributed by atoms with van der Waals surface area (Å²) in [7, 11) is 2.20. The summed E-state index contributed by atoms with van der Waals surface area (Å²) in [6.45, 7) is 13.2. The molecule has 0 radical (unpaired) electrons. The zero-order valence-electron chi connectivity index (χ0n) is 14.9. The molecule has 22 heavy (non-hydrogen) atoms. The van der Waals surface area contributed by atoms with Gasteiger partial charge >= 0.3 is 0 Å². The number of nitrogens with zero attached hydrogens (tertiary/aromatic N) is 1. The molecule has 0 heterocycles. The third-order valence-electron chi connectivity index (χ3n) is 4.34. The highest BCUT2D eigenvalue weighted by Crippen LogP contribution is 2.23. The van der Waals surface area contributed by atoms with Gasteiger partial charge in [0.2, 0.25) is 0 Å². The largest absolute Gasteiger partial charge is 0.298 e. The molecule has 0 unspecified atom stereocenters. The molecule has 2 aromatic rings. The summed E-state index contributed by atoms with van der Waals surface area (Å²) in [4.78, 5) is 2.39. The van der Waals surface area contributed by atoms with Crippen LogP contribution in [0.4, 0.5) is 0 Å². The lowest BCUT2D eigenvalue weighted by molar-refractivity contribution is 0.317. The van der Waals surface area contributed by atoms with Crippen molar-refractivity contribution < 1.29 is 0 Å². The van der Waals surface area contributed by atoms with Gasteiger partial charge in [-0.2, -0.15) is 0 Å². The van der Waals surface area contributed by atoms with E-state index < -0.39 is 0 Å². The molecule has 2 rings (SSSR count). The SMILES string of the molecule is Cc1cccc(C)c1CN(C)Cc1ccc(C(C)(C)C)cc1. The van der Waals surface area contributed by atoms with Crippen molar-refractivity contribution in [1.29, 1.82) is 0 Å². The van der Waals surface area contributed by atoms with Gasteiger partial charge in [-0.15, -0.1) is 0 Å². The predicted molar refractivity (Wildman–Crippen MR) is 96.2 cm³/mol. The maximum atomic E-state index is 2.39. The first kappa shape index (κ1) is 16.8. The van der Waals surface area contributed by atoms with E-state index in [4.69, 9.17) is 0 Å². The molecule has 1 nitrogen and oxygen atoms in total.